The Balaban J connectivity index is 1.47. The number of sulfonamides is 1. The van der Waals surface area contributed by atoms with E-state index >= 15 is 0 Å². The Hall–Kier alpha value is -3.43. The number of hydrogen-bond donors (Lipinski definition) is 2. The second-order valence-electron chi connectivity index (χ2n) is 6.50. The Kier molecular flexibility index (Phi) is 5.39. The smallest absolute Gasteiger partial charge is 0.255 e. The lowest BCUT2D eigenvalue weighted by molar-refractivity contribution is 0.102. The number of fused-ring (bicyclic) bond motifs is 1. The molecule has 0 unspecified atom stereocenters. The lowest BCUT2D eigenvalue weighted by Crippen LogP contribution is -2.23. The van der Waals surface area contributed by atoms with E-state index in [0.29, 0.717) is 17.1 Å². The number of carbonyl (C=O) groups is 1. The van der Waals surface area contributed by atoms with Gasteiger partial charge in [0.05, 0.1) is 4.90 Å². The molecule has 1 aliphatic rings. The zero-order valence-corrected chi connectivity index (χ0v) is 16.4. The minimum absolute atomic E-state index is 0.0404. The molecule has 0 fully saturated rings. The second-order valence-corrected chi connectivity index (χ2v) is 8.27. The van der Waals surface area contributed by atoms with Crippen molar-refractivity contribution < 1.29 is 27.1 Å². The molecule has 154 valence electrons. The third-order valence-corrected chi connectivity index (χ3v) is 5.79. The van der Waals surface area contributed by atoms with E-state index in [9.17, 15) is 17.6 Å². The fourth-order valence-corrected chi connectivity index (χ4v) is 3.95. The van der Waals surface area contributed by atoms with E-state index in [1.807, 2.05) is 0 Å². The Morgan fingerprint density at radius 1 is 0.967 bits per heavy atom. The second kappa shape index (κ2) is 8.13. The zero-order chi connectivity index (χ0) is 21.1. The maximum Gasteiger partial charge on any atom is 0.255 e. The Bertz CT molecular complexity index is 1210. The summed E-state index contributed by atoms with van der Waals surface area (Å²) in [5.41, 5.74) is 1.10. The van der Waals surface area contributed by atoms with Crippen LogP contribution in [0.3, 0.4) is 0 Å². The summed E-state index contributed by atoms with van der Waals surface area (Å²) in [6.07, 6.45) is 0. The first-order chi connectivity index (χ1) is 14.4. The number of anilines is 1. The zero-order valence-electron chi connectivity index (χ0n) is 15.6. The van der Waals surface area contributed by atoms with Crippen molar-refractivity contribution in [2.45, 2.75) is 11.4 Å². The molecule has 0 bridgehead atoms. The van der Waals surface area contributed by atoms with Crippen molar-refractivity contribution >= 4 is 21.6 Å². The number of benzene rings is 3. The molecular weight excluding hydrogens is 411 g/mol. The molecule has 3 aromatic rings. The maximum absolute atomic E-state index is 13.3. The van der Waals surface area contributed by atoms with E-state index in [0.717, 1.165) is 0 Å². The quantitative estimate of drug-likeness (QED) is 0.629. The van der Waals surface area contributed by atoms with Crippen molar-refractivity contribution in [3.8, 4) is 11.5 Å². The van der Waals surface area contributed by atoms with E-state index in [-0.39, 0.29) is 29.5 Å². The summed E-state index contributed by atoms with van der Waals surface area (Å²) >= 11 is 0. The van der Waals surface area contributed by atoms with Gasteiger partial charge in [0, 0.05) is 17.8 Å². The third kappa shape index (κ3) is 4.42. The van der Waals surface area contributed by atoms with Crippen LogP contribution in [0.2, 0.25) is 0 Å². The average molecular weight is 428 g/mol. The van der Waals surface area contributed by atoms with Crippen LogP contribution in [0.25, 0.3) is 0 Å². The molecule has 9 heteroatoms. The number of amides is 1. The molecule has 1 amide bonds. The number of nitrogens with one attached hydrogen (secondary N) is 2. The summed E-state index contributed by atoms with van der Waals surface area (Å²) in [4.78, 5) is 12.4. The molecule has 2 N–H and O–H groups in total. The molecule has 0 spiro atoms. The van der Waals surface area contributed by atoms with Crippen LogP contribution in [-0.4, -0.2) is 21.1 Å². The highest BCUT2D eigenvalue weighted by atomic mass is 32.2. The molecule has 0 saturated heterocycles. The summed E-state index contributed by atoms with van der Waals surface area (Å²) in [6, 6.07) is 16.2. The molecule has 30 heavy (non-hydrogen) atoms. The summed E-state index contributed by atoms with van der Waals surface area (Å²) in [7, 11) is -3.87. The van der Waals surface area contributed by atoms with E-state index in [1.54, 1.807) is 18.2 Å². The highest BCUT2D eigenvalue weighted by Gasteiger charge is 2.18. The lowest BCUT2D eigenvalue weighted by Gasteiger charge is -2.10. The molecule has 1 heterocycles. The predicted molar refractivity (Wildman–Crippen MR) is 107 cm³/mol. The first-order valence-electron chi connectivity index (χ1n) is 8.96. The lowest BCUT2D eigenvalue weighted by atomic mass is 10.2. The number of ether oxygens (including phenoxy) is 2. The van der Waals surface area contributed by atoms with E-state index < -0.39 is 21.7 Å². The van der Waals surface area contributed by atoms with Crippen molar-refractivity contribution in [3.05, 3.63) is 83.7 Å². The van der Waals surface area contributed by atoms with E-state index in [4.69, 9.17) is 9.47 Å². The number of carbonyl (C=O) groups excluding carboxylic acids is 1. The Morgan fingerprint density at radius 2 is 1.77 bits per heavy atom. The van der Waals surface area contributed by atoms with Gasteiger partial charge >= 0.3 is 0 Å². The maximum atomic E-state index is 13.3. The summed E-state index contributed by atoms with van der Waals surface area (Å²) in [6.45, 7) is 0.174. The van der Waals surface area contributed by atoms with Crippen LogP contribution in [0.5, 0.6) is 11.5 Å². The SMILES string of the molecule is O=C(Nc1cccc(F)c1)c1cccc(S(=O)(=O)NCc2ccc3c(c2)OCO3)c1. The standard InChI is InChI=1S/C21H17FN2O5S/c22-16-4-2-5-17(11-16)24-21(25)15-3-1-6-18(10-15)30(26,27)23-12-14-7-8-19-20(9-14)29-13-28-19/h1-11,23H,12-13H2,(H,24,25). The molecule has 3 aromatic carbocycles. The minimum Gasteiger partial charge on any atom is -0.454 e. The van der Waals surface area contributed by atoms with Gasteiger partial charge in [-0.25, -0.2) is 17.5 Å². The van der Waals surface area contributed by atoms with E-state index in [2.05, 4.69) is 10.0 Å². The topological polar surface area (TPSA) is 93.7 Å². The van der Waals surface area contributed by atoms with Crippen molar-refractivity contribution in [3.63, 3.8) is 0 Å². The van der Waals surface area contributed by atoms with E-state index in [1.165, 1.54) is 48.5 Å². The van der Waals surface area contributed by atoms with Crippen LogP contribution in [0.15, 0.2) is 71.6 Å². The first kappa shape index (κ1) is 19.9. The van der Waals surface area contributed by atoms with Gasteiger partial charge < -0.3 is 14.8 Å². The van der Waals surface area contributed by atoms with Crippen molar-refractivity contribution in [2.75, 3.05) is 12.1 Å². The van der Waals surface area contributed by atoms with Gasteiger partial charge in [-0.1, -0.05) is 18.2 Å². The number of hydrogen-bond acceptors (Lipinski definition) is 5. The summed E-state index contributed by atoms with van der Waals surface area (Å²) < 4.78 is 51.6. The predicted octanol–water partition coefficient (Wildman–Crippen LogP) is 3.29. The fraction of sp³-hybridized carbons (Fsp3) is 0.0952. The Labute approximate surface area is 172 Å². The number of halogens is 1. The third-order valence-electron chi connectivity index (χ3n) is 4.39. The van der Waals surface area contributed by atoms with Crippen LogP contribution in [0.4, 0.5) is 10.1 Å². The van der Waals surface area contributed by atoms with Gasteiger partial charge in [-0.2, -0.15) is 0 Å². The summed E-state index contributed by atoms with van der Waals surface area (Å²) in [5.74, 6) is 0.131. The highest BCUT2D eigenvalue weighted by Crippen LogP contribution is 2.32. The van der Waals surface area contributed by atoms with Gasteiger partial charge in [-0.05, 0) is 54.1 Å². The monoisotopic (exact) mass is 428 g/mol. The molecule has 0 aromatic heterocycles. The highest BCUT2D eigenvalue weighted by molar-refractivity contribution is 7.89. The van der Waals surface area contributed by atoms with Gasteiger partial charge in [0.15, 0.2) is 11.5 Å². The van der Waals surface area contributed by atoms with Gasteiger partial charge in [0.25, 0.3) is 5.91 Å². The van der Waals surface area contributed by atoms with Crippen molar-refractivity contribution in [2.24, 2.45) is 0 Å². The van der Waals surface area contributed by atoms with Crippen LogP contribution < -0.4 is 19.5 Å². The fourth-order valence-electron chi connectivity index (χ4n) is 2.89. The van der Waals surface area contributed by atoms with Gasteiger partial charge in [-0.15, -0.1) is 0 Å². The largest absolute Gasteiger partial charge is 0.454 e. The molecule has 0 saturated carbocycles. The molecule has 1 aliphatic heterocycles. The molecule has 0 radical (unpaired) electrons. The normalized spacial score (nSPS) is 12.6. The average Bonchev–Trinajstić information content (AvgIpc) is 3.20. The van der Waals surface area contributed by atoms with Gasteiger partial charge in [-0.3, -0.25) is 4.79 Å². The summed E-state index contributed by atoms with van der Waals surface area (Å²) in [5, 5.41) is 2.54. The van der Waals surface area contributed by atoms with Crippen molar-refractivity contribution in [1.29, 1.82) is 0 Å². The van der Waals surface area contributed by atoms with Crippen LogP contribution in [0, 0.1) is 5.82 Å². The molecule has 0 aliphatic carbocycles. The van der Waals surface area contributed by atoms with Crippen molar-refractivity contribution in [1.82, 2.24) is 4.72 Å². The molecular formula is C21H17FN2O5S. The Morgan fingerprint density at radius 3 is 2.60 bits per heavy atom. The molecule has 7 nitrogen and oxygen atoms in total. The van der Waals surface area contributed by atoms with Crippen LogP contribution >= 0.6 is 0 Å². The van der Waals surface area contributed by atoms with Crippen LogP contribution in [0.1, 0.15) is 15.9 Å². The number of rotatable bonds is 6. The molecule has 0 atom stereocenters. The first-order valence-corrected chi connectivity index (χ1v) is 10.4. The van der Waals surface area contributed by atoms with Crippen LogP contribution in [-0.2, 0) is 16.6 Å². The minimum atomic E-state index is -3.87. The molecule has 4 rings (SSSR count). The van der Waals surface area contributed by atoms with Gasteiger partial charge in [0.1, 0.15) is 5.82 Å². The van der Waals surface area contributed by atoms with Gasteiger partial charge in [0.2, 0.25) is 16.8 Å².